The van der Waals surface area contributed by atoms with Crippen LogP contribution in [0.15, 0.2) is 18.3 Å². The van der Waals surface area contributed by atoms with Crippen molar-refractivity contribution in [3.05, 3.63) is 24.0 Å². The Bertz CT molecular complexity index is 467. The summed E-state index contributed by atoms with van der Waals surface area (Å²) in [5.41, 5.74) is 1.73. The molecule has 0 N–H and O–H groups in total. The third-order valence-corrected chi connectivity index (χ3v) is 4.85. The maximum Gasteiger partial charge on any atom is 0.494 e. The van der Waals surface area contributed by atoms with Crippen molar-refractivity contribution in [2.45, 2.75) is 64.1 Å². The molecule has 0 bridgehead atoms. The first-order chi connectivity index (χ1) is 8.89. The highest BCUT2D eigenvalue weighted by Gasteiger charge is 2.51. The number of nitrogens with zero attached hydrogens (tertiary/aromatic N) is 1. The molecule has 1 aromatic heterocycles. The summed E-state index contributed by atoms with van der Waals surface area (Å²) in [7, 11) is -0.271. The zero-order chi connectivity index (χ0) is 13.7. The summed E-state index contributed by atoms with van der Waals surface area (Å²) in [4.78, 5) is 4.49. The SMILES string of the molecule is CC1(C)OB(c2ccnc(C3CCC3)c2)OC1(C)C. The average molecular weight is 259 g/mol. The van der Waals surface area contributed by atoms with Gasteiger partial charge in [-0.05, 0) is 58.1 Å². The number of rotatable bonds is 2. The van der Waals surface area contributed by atoms with Crippen LogP contribution >= 0.6 is 0 Å². The average Bonchev–Trinajstić information content (AvgIpc) is 2.46. The Kier molecular flexibility index (Phi) is 2.99. The number of pyridine rings is 1. The van der Waals surface area contributed by atoms with Crippen LogP contribution in [0.1, 0.15) is 58.6 Å². The molecule has 1 aliphatic carbocycles. The molecule has 0 aromatic carbocycles. The molecule has 0 amide bonds. The van der Waals surface area contributed by atoms with Crippen molar-refractivity contribution in [2.24, 2.45) is 0 Å². The fourth-order valence-corrected chi connectivity index (χ4v) is 2.52. The summed E-state index contributed by atoms with van der Waals surface area (Å²) in [5, 5.41) is 0. The van der Waals surface area contributed by atoms with Crippen molar-refractivity contribution in [1.29, 1.82) is 0 Å². The fraction of sp³-hybridized carbons (Fsp3) is 0.667. The lowest BCUT2D eigenvalue weighted by Gasteiger charge is -2.32. The normalized spacial score (nSPS) is 25.4. The lowest BCUT2D eigenvalue weighted by atomic mass is 9.76. The minimum atomic E-state index is -0.280. The first-order valence-electron chi connectivity index (χ1n) is 7.20. The van der Waals surface area contributed by atoms with Crippen LogP contribution in [-0.4, -0.2) is 23.3 Å². The lowest BCUT2D eigenvalue weighted by Crippen LogP contribution is -2.41. The maximum absolute atomic E-state index is 6.09. The molecule has 0 atom stereocenters. The molecule has 2 fully saturated rings. The summed E-state index contributed by atoms with van der Waals surface area (Å²) in [5.74, 6) is 0.641. The van der Waals surface area contributed by atoms with E-state index in [4.69, 9.17) is 9.31 Å². The second kappa shape index (κ2) is 4.32. The van der Waals surface area contributed by atoms with Crippen molar-refractivity contribution in [3.8, 4) is 0 Å². The van der Waals surface area contributed by atoms with Gasteiger partial charge in [-0.25, -0.2) is 0 Å². The summed E-state index contributed by atoms with van der Waals surface area (Å²) in [6, 6.07) is 4.16. The number of hydrogen-bond acceptors (Lipinski definition) is 3. The highest BCUT2D eigenvalue weighted by Crippen LogP contribution is 2.37. The summed E-state index contributed by atoms with van der Waals surface area (Å²) < 4.78 is 12.2. The third kappa shape index (κ3) is 2.21. The van der Waals surface area contributed by atoms with Crippen molar-refractivity contribution >= 4 is 12.6 Å². The molecule has 2 aliphatic rings. The topological polar surface area (TPSA) is 31.4 Å². The molecule has 1 aromatic rings. The second-order valence-corrected chi connectivity index (χ2v) is 6.73. The van der Waals surface area contributed by atoms with Crippen LogP contribution in [0.2, 0.25) is 0 Å². The van der Waals surface area contributed by atoms with Crippen LogP contribution in [0.25, 0.3) is 0 Å². The van der Waals surface area contributed by atoms with Crippen molar-refractivity contribution in [3.63, 3.8) is 0 Å². The minimum Gasteiger partial charge on any atom is -0.399 e. The molecule has 0 spiro atoms. The van der Waals surface area contributed by atoms with E-state index in [0.717, 1.165) is 5.46 Å². The van der Waals surface area contributed by atoms with Crippen molar-refractivity contribution < 1.29 is 9.31 Å². The van der Waals surface area contributed by atoms with E-state index in [0.29, 0.717) is 5.92 Å². The van der Waals surface area contributed by atoms with Crippen LogP contribution in [0.4, 0.5) is 0 Å². The van der Waals surface area contributed by atoms with Gasteiger partial charge in [0.1, 0.15) is 0 Å². The molecular weight excluding hydrogens is 237 g/mol. The van der Waals surface area contributed by atoms with Crippen LogP contribution in [0.3, 0.4) is 0 Å². The summed E-state index contributed by atoms with van der Waals surface area (Å²) in [6.07, 6.45) is 5.74. The molecule has 3 nitrogen and oxygen atoms in total. The van der Waals surface area contributed by atoms with E-state index >= 15 is 0 Å². The zero-order valence-corrected chi connectivity index (χ0v) is 12.3. The first-order valence-corrected chi connectivity index (χ1v) is 7.20. The van der Waals surface area contributed by atoms with Gasteiger partial charge in [0.15, 0.2) is 0 Å². The number of hydrogen-bond donors (Lipinski definition) is 0. The van der Waals surface area contributed by atoms with E-state index in [1.54, 1.807) is 0 Å². The van der Waals surface area contributed by atoms with Crippen LogP contribution in [0.5, 0.6) is 0 Å². The van der Waals surface area contributed by atoms with Crippen LogP contribution in [-0.2, 0) is 9.31 Å². The molecular formula is C15H22BNO2. The Labute approximate surface area is 115 Å². The van der Waals surface area contributed by atoms with E-state index in [1.807, 2.05) is 12.3 Å². The van der Waals surface area contributed by atoms with Gasteiger partial charge in [-0.1, -0.05) is 6.42 Å². The smallest absolute Gasteiger partial charge is 0.399 e. The van der Waals surface area contributed by atoms with Crippen molar-refractivity contribution in [2.75, 3.05) is 0 Å². The van der Waals surface area contributed by atoms with Gasteiger partial charge in [-0.3, -0.25) is 4.98 Å². The second-order valence-electron chi connectivity index (χ2n) is 6.73. The standard InChI is InChI=1S/C15H22BNO2/c1-14(2)15(3,4)19-16(18-14)12-8-9-17-13(10-12)11-6-5-7-11/h8-11H,5-7H2,1-4H3. The van der Waals surface area contributed by atoms with Gasteiger partial charge in [-0.15, -0.1) is 0 Å². The highest BCUT2D eigenvalue weighted by atomic mass is 16.7. The largest absolute Gasteiger partial charge is 0.494 e. The third-order valence-electron chi connectivity index (χ3n) is 4.85. The quantitative estimate of drug-likeness (QED) is 0.765. The molecule has 3 rings (SSSR count). The molecule has 1 aliphatic heterocycles. The Hall–Kier alpha value is -0.865. The van der Waals surface area contributed by atoms with Gasteiger partial charge in [0.05, 0.1) is 11.2 Å². The molecule has 2 heterocycles. The first kappa shape index (κ1) is 13.1. The van der Waals surface area contributed by atoms with Gasteiger partial charge in [0, 0.05) is 17.8 Å². The minimum absolute atomic E-state index is 0.271. The van der Waals surface area contributed by atoms with Gasteiger partial charge in [0.2, 0.25) is 0 Å². The maximum atomic E-state index is 6.09. The Morgan fingerprint density at radius 3 is 2.32 bits per heavy atom. The summed E-state index contributed by atoms with van der Waals surface area (Å²) >= 11 is 0. The number of aromatic nitrogens is 1. The van der Waals surface area contributed by atoms with Gasteiger partial charge >= 0.3 is 7.12 Å². The molecule has 1 saturated heterocycles. The Morgan fingerprint density at radius 1 is 1.16 bits per heavy atom. The van der Waals surface area contributed by atoms with Crippen LogP contribution in [0, 0.1) is 0 Å². The van der Waals surface area contributed by atoms with Crippen LogP contribution < -0.4 is 5.46 Å². The molecule has 1 saturated carbocycles. The Morgan fingerprint density at radius 2 is 1.79 bits per heavy atom. The molecule has 0 radical (unpaired) electrons. The fourth-order valence-electron chi connectivity index (χ4n) is 2.52. The highest BCUT2D eigenvalue weighted by molar-refractivity contribution is 6.62. The van der Waals surface area contributed by atoms with E-state index in [9.17, 15) is 0 Å². The molecule has 4 heteroatoms. The van der Waals surface area contributed by atoms with Gasteiger partial charge in [0.25, 0.3) is 0 Å². The van der Waals surface area contributed by atoms with E-state index in [1.165, 1.54) is 25.0 Å². The molecule has 19 heavy (non-hydrogen) atoms. The molecule has 102 valence electrons. The Balaban J connectivity index is 1.83. The lowest BCUT2D eigenvalue weighted by molar-refractivity contribution is 0.00578. The monoisotopic (exact) mass is 259 g/mol. The van der Waals surface area contributed by atoms with E-state index in [2.05, 4.69) is 38.7 Å². The van der Waals surface area contributed by atoms with Gasteiger partial charge < -0.3 is 9.31 Å². The molecule has 0 unspecified atom stereocenters. The predicted octanol–water partition coefficient (Wildman–Crippen LogP) is 2.65. The zero-order valence-electron chi connectivity index (χ0n) is 12.3. The predicted molar refractivity (Wildman–Crippen MR) is 76.5 cm³/mol. The van der Waals surface area contributed by atoms with E-state index in [-0.39, 0.29) is 18.3 Å². The van der Waals surface area contributed by atoms with Crippen molar-refractivity contribution in [1.82, 2.24) is 4.98 Å². The summed E-state index contributed by atoms with van der Waals surface area (Å²) in [6.45, 7) is 8.34. The van der Waals surface area contributed by atoms with Gasteiger partial charge in [-0.2, -0.15) is 0 Å². The van der Waals surface area contributed by atoms with E-state index < -0.39 is 0 Å².